The minimum atomic E-state index is -4.01. The monoisotopic (exact) mass is 744 g/mol. The molecule has 2 bridgehead atoms. The van der Waals surface area contributed by atoms with Crippen LogP contribution in [0.4, 0.5) is 11.4 Å². The molecule has 0 radical (unpaired) electrons. The fourth-order valence-electron chi connectivity index (χ4n) is 9.87. The number of β-lactam (4-membered cyclic amide) rings is 1. The summed E-state index contributed by atoms with van der Waals surface area (Å²) < 4.78 is 31.3. The van der Waals surface area contributed by atoms with Crippen LogP contribution in [-0.4, -0.2) is 128 Å². The SMILES string of the molecule is C[C@@H](O)[C@H]1C(=O)N2C(C(=O)O)=C(CN3c4cccc5c(CC[N+]67CC[N+](CC(=O)Nc8ccccc8CCN)(CC6)CC7)ccc(c45)S3(=O)=O)[C@H](C)[C@H]12. The smallest absolute Gasteiger partial charge is 0.352 e. The van der Waals surface area contributed by atoms with E-state index in [2.05, 4.69) is 5.32 Å². The number of hydrogen-bond donors (Lipinski definition) is 4. The number of nitrogens with two attached hydrogens (primary N) is 1. The van der Waals surface area contributed by atoms with E-state index in [1.807, 2.05) is 42.5 Å². The predicted molar refractivity (Wildman–Crippen MR) is 199 cm³/mol. The Bertz CT molecular complexity index is 2160. The van der Waals surface area contributed by atoms with E-state index in [1.54, 1.807) is 19.1 Å². The lowest BCUT2D eigenvalue weighted by atomic mass is 9.78. The zero-order chi connectivity index (χ0) is 37.4. The van der Waals surface area contributed by atoms with E-state index in [1.165, 1.54) is 16.1 Å². The summed E-state index contributed by atoms with van der Waals surface area (Å²) in [6.07, 6.45) is 0.531. The van der Waals surface area contributed by atoms with Gasteiger partial charge in [-0.05, 0) is 60.2 Å². The molecule has 13 nitrogen and oxygen atoms in total. The van der Waals surface area contributed by atoms with Crippen LogP contribution in [0, 0.1) is 11.8 Å². The largest absolute Gasteiger partial charge is 0.477 e. The number of carbonyl (C=O) groups is 3. The molecule has 0 aromatic heterocycles. The van der Waals surface area contributed by atoms with Gasteiger partial charge in [-0.3, -0.25) is 13.9 Å². The number of amides is 2. The molecule has 3 aromatic carbocycles. The van der Waals surface area contributed by atoms with Crippen molar-refractivity contribution in [2.24, 2.45) is 17.6 Å². The van der Waals surface area contributed by atoms with Crippen LogP contribution in [0.1, 0.15) is 25.0 Å². The number of aliphatic hydroxyl groups excluding tert-OH is 1. The lowest BCUT2D eigenvalue weighted by molar-refractivity contribution is -1.08. The molecule has 9 rings (SSSR count). The number of piperazine rings is 3. The van der Waals surface area contributed by atoms with E-state index in [9.17, 15) is 33.0 Å². The van der Waals surface area contributed by atoms with E-state index < -0.39 is 45.9 Å². The second-order valence-electron chi connectivity index (χ2n) is 15.8. The van der Waals surface area contributed by atoms with Crippen LogP contribution in [0.3, 0.4) is 0 Å². The summed E-state index contributed by atoms with van der Waals surface area (Å²) in [6.45, 7) is 10.8. The lowest BCUT2D eigenvalue weighted by Gasteiger charge is -2.55. The number of carboxylic acids is 1. The van der Waals surface area contributed by atoms with Crippen LogP contribution >= 0.6 is 0 Å². The number of para-hydroxylation sites is 1. The Balaban J connectivity index is 0.981. The van der Waals surface area contributed by atoms with E-state index in [0.717, 1.165) is 83.4 Å². The molecule has 5 N–H and O–H groups in total. The Morgan fingerprint density at radius 2 is 1.66 bits per heavy atom. The first-order valence-corrected chi connectivity index (χ1v) is 20.1. The highest BCUT2D eigenvalue weighted by Gasteiger charge is 2.60. The second kappa shape index (κ2) is 12.9. The van der Waals surface area contributed by atoms with Gasteiger partial charge in [0.25, 0.3) is 15.9 Å². The Labute approximate surface area is 309 Å². The van der Waals surface area contributed by atoms with Crippen molar-refractivity contribution in [3.05, 3.63) is 77.0 Å². The lowest BCUT2D eigenvalue weighted by Crippen LogP contribution is -2.76. The molecule has 53 heavy (non-hydrogen) atoms. The maximum atomic E-state index is 14.1. The fraction of sp³-hybridized carbons (Fsp3) is 0.462. The summed E-state index contributed by atoms with van der Waals surface area (Å²) in [5, 5.41) is 25.1. The molecule has 6 aliphatic rings. The number of nitrogens with one attached hydrogen (secondary N) is 1. The molecule has 0 unspecified atom stereocenters. The van der Waals surface area contributed by atoms with Crippen molar-refractivity contribution < 1.29 is 42.0 Å². The van der Waals surface area contributed by atoms with Crippen LogP contribution in [0.5, 0.6) is 0 Å². The quantitative estimate of drug-likeness (QED) is 0.161. The van der Waals surface area contributed by atoms with Gasteiger partial charge in [-0.15, -0.1) is 0 Å². The van der Waals surface area contributed by atoms with Crippen molar-refractivity contribution in [2.75, 3.05) is 75.1 Å². The number of hydrogen-bond acceptors (Lipinski definition) is 7. The number of aliphatic carboxylic acids is 1. The fourth-order valence-corrected chi connectivity index (χ4v) is 11.5. The van der Waals surface area contributed by atoms with Crippen molar-refractivity contribution in [2.45, 2.75) is 43.7 Å². The van der Waals surface area contributed by atoms with Crippen molar-refractivity contribution >= 4 is 50.0 Å². The Morgan fingerprint density at radius 1 is 0.962 bits per heavy atom. The molecule has 0 spiro atoms. The standard InChI is InChI=1S/C39H46N6O7S/c1-24-29(37(39(49)50)43-36(24)34(25(2)46)38(43)48)22-42-31-9-5-7-28-26(10-11-32(35(28)31)53(42,51)52)13-15-44-16-19-45(20-17-44,21-18-44)23-33(47)41-30-8-4-3-6-27(30)12-14-40/h3-11,24-25,34,36,46H,12-23,40H2,1-2H3/p+2/t24-,25+,34+,36+,44?,45?/m0/s1. The molecule has 6 aliphatic heterocycles. The molecule has 14 heteroatoms. The third-order valence-electron chi connectivity index (χ3n) is 12.9. The predicted octanol–water partition coefficient (Wildman–Crippen LogP) is 1.89. The van der Waals surface area contributed by atoms with Crippen LogP contribution in [0.15, 0.2) is 70.8 Å². The summed E-state index contributed by atoms with van der Waals surface area (Å²) in [4.78, 5) is 40.0. The second-order valence-corrected chi connectivity index (χ2v) is 17.6. The normalized spacial score (nSPS) is 28.7. The van der Waals surface area contributed by atoms with E-state index in [0.29, 0.717) is 36.2 Å². The molecule has 6 heterocycles. The number of rotatable bonds is 12. The average molecular weight is 745 g/mol. The number of anilines is 2. The van der Waals surface area contributed by atoms with Crippen LogP contribution < -0.4 is 15.4 Å². The highest BCUT2D eigenvalue weighted by molar-refractivity contribution is 7.93. The summed E-state index contributed by atoms with van der Waals surface area (Å²) in [5.41, 5.74) is 9.42. The molecular weight excluding hydrogens is 697 g/mol. The number of carbonyl (C=O) groups excluding carboxylic acids is 2. The van der Waals surface area contributed by atoms with Gasteiger partial charge < -0.3 is 35.1 Å². The molecule has 0 aliphatic carbocycles. The van der Waals surface area contributed by atoms with Gasteiger partial charge in [0.05, 0.1) is 41.7 Å². The number of sulfonamides is 1. The van der Waals surface area contributed by atoms with Crippen molar-refractivity contribution in [1.82, 2.24) is 4.90 Å². The zero-order valence-corrected chi connectivity index (χ0v) is 31.0. The summed E-state index contributed by atoms with van der Waals surface area (Å²) in [7, 11) is -4.01. The molecular formula is C39H48N6O7S+2. The maximum Gasteiger partial charge on any atom is 0.352 e. The third-order valence-corrected chi connectivity index (χ3v) is 14.7. The highest BCUT2D eigenvalue weighted by Crippen LogP contribution is 2.50. The van der Waals surface area contributed by atoms with Gasteiger partial charge in [0, 0.05) is 23.4 Å². The van der Waals surface area contributed by atoms with Gasteiger partial charge in [-0.25, -0.2) is 13.2 Å². The first-order valence-electron chi connectivity index (χ1n) is 18.6. The average Bonchev–Trinajstić information content (AvgIpc) is 3.50. The number of nitrogens with zero attached hydrogens (tertiary/aromatic N) is 4. The Kier molecular flexibility index (Phi) is 8.69. The summed E-state index contributed by atoms with van der Waals surface area (Å²) in [6, 6.07) is 16.5. The van der Waals surface area contributed by atoms with Crippen molar-refractivity contribution in [1.29, 1.82) is 0 Å². The van der Waals surface area contributed by atoms with E-state index in [-0.39, 0.29) is 23.0 Å². The number of quaternary nitrogens is 2. The van der Waals surface area contributed by atoms with Crippen molar-refractivity contribution in [3.63, 3.8) is 0 Å². The molecule has 280 valence electrons. The molecule has 4 atom stereocenters. The molecule has 0 saturated carbocycles. The van der Waals surface area contributed by atoms with Gasteiger partial charge in [0.2, 0.25) is 5.91 Å². The molecule has 3 aromatic rings. The topological polar surface area (TPSA) is 170 Å². The third kappa shape index (κ3) is 5.65. The van der Waals surface area contributed by atoms with Gasteiger partial charge in [-0.1, -0.05) is 43.3 Å². The van der Waals surface area contributed by atoms with Crippen LogP contribution in [0.25, 0.3) is 10.8 Å². The minimum absolute atomic E-state index is 0.0356. The van der Waals surface area contributed by atoms with Crippen molar-refractivity contribution in [3.8, 4) is 0 Å². The number of benzene rings is 3. The number of carboxylic acid groups (broad SMARTS) is 1. The van der Waals surface area contributed by atoms with Crippen LogP contribution in [-0.2, 0) is 37.2 Å². The summed E-state index contributed by atoms with van der Waals surface area (Å²) >= 11 is 0. The highest BCUT2D eigenvalue weighted by atomic mass is 32.2. The summed E-state index contributed by atoms with van der Waals surface area (Å²) in [5.74, 6) is -2.88. The molecule has 4 fully saturated rings. The van der Waals surface area contributed by atoms with Gasteiger partial charge in [-0.2, -0.15) is 0 Å². The van der Waals surface area contributed by atoms with E-state index >= 15 is 0 Å². The Hall–Kier alpha value is -4.34. The number of aliphatic hydroxyl groups is 1. The van der Waals surface area contributed by atoms with Crippen LogP contribution in [0.2, 0.25) is 0 Å². The number of fused-ring (bicyclic) bond motifs is 4. The Morgan fingerprint density at radius 3 is 2.34 bits per heavy atom. The molecule has 4 saturated heterocycles. The minimum Gasteiger partial charge on any atom is -0.477 e. The zero-order valence-electron chi connectivity index (χ0n) is 30.2. The first kappa shape index (κ1) is 35.7. The first-order chi connectivity index (χ1) is 25.3. The molecule has 2 amide bonds. The van der Waals surface area contributed by atoms with E-state index in [4.69, 9.17) is 5.73 Å². The maximum absolute atomic E-state index is 14.1. The van der Waals surface area contributed by atoms with Gasteiger partial charge in [0.15, 0.2) is 6.54 Å². The van der Waals surface area contributed by atoms with Gasteiger partial charge in [0.1, 0.15) is 45.0 Å². The van der Waals surface area contributed by atoms with Gasteiger partial charge >= 0.3 is 5.97 Å².